The molecule has 0 unspecified atom stereocenters. The number of carbonyl (C=O) groups is 2. The minimum atomic E-state index is -3.57. The van der Waals surface area contributed by atoms with Crippen LogP contribution < -0.4 is 5.32 Å². The molecule has 0 atom stereocenters. The zero-order chi connectivity index (χ0) is 22.6. The quantitative estimate of drug-likeness (QED) is 0.701. The maximum absolute atomic E-state index is 12.9. The van der Waals surface area contributed by atoms with Crippen molar-refractivity contribution in [1.82, 2.24) is 24.4 Å². The standard InChI is InChI=1S/C21H33N5O4S/c1-21(2,3)23-19(27)16-24-11-13-25(14-12-24)20(28)17-6-9-26(10-7-17)31(29,30)18-5-4-8-22-15-18/h4-5,8,15,17H,6-7,9-14,16H2,1-3H3,(H,23,27). The molecular weight excluding hydrogens is 418 g/mol. The van der Waals surface area contributed by atoms with E-state index in [0.29, 0.717) is 58.7 Å². The van der Waals surface area contributed by atoms with Crippen LogP contribution in [0, 0.1) is 5.92 Å². The van der Waals surface area contributed by atoms with Crippen molar-refractivity contribution in [2.75, 3.05) is 45.8 Å². The van der Waals surface area contributed by atoms with E-state index in [4.69, 9.17) is 0 Å². The first kappa shape index (κ1) is 23.6. The van der Waals surface area contributed by atoms with E-state index >= 15 is 0 Å². The van der Waals surface area contributed by atoms with E-state index < -0.39 is 10.0 Å². The molecule has 0 bridgehead atoms. The fourth-order valence-electron chi connectivity index (χ4n) is 4.04. The molecule has 3 heterocycles. The molecule has 31 heavy (non-hydrogen) atoms. The number of amides is 2. The number of piperidine rings is 1. The molecule has 0 aliphatic carbocycles. The number of pyridine rings is 1. The Morgan fingerprint density at radius 1 is 1.10 bits per heavy atom. The van der Waals surface area contributed by atoms with Gasteiger partial charge in [-0.15, -0.1) is 0 Å². The van der Waals surface area contributed by atoms with Crippen LogP contribution in [0.3, 0.4) is 0 Å². The third-order valence-corrected chi connectivity index (χ3v) is 7.52. The molecule has 10 heteroatoms. The molecule has 0 radical (unpaired) electrons. The third kappa shape index (κ3) is 6.24. The van der Waals surface area contributed by atoms with Gasteiger partial charge >= 0.3 is 0 Å². The Morgan fingerprint density at radius 3 is 2.29 bits per heavy atom. The average molecular weight is 452 g/mol. The first-order chi connectivity index (χ1) is 14.6. The summed E-state index contributed by atoms with van der Waals surface area (Å²) < 4.78 is 26.9. The van der Waals surface area contributed by atoms with Gasteiger partial charge in [0, 0.05) is 63.1 Å². The number of sulfonamides is 1. The van der Waals surface area contributed by atoms with Crippen molar-refractivity contribution in [3.8, 4) is 0 Å². The highest BCUT2D eigenvalue weighted by Gasteiger charge is 2.35. The van der Waals surface area contributed by atoms with Crippen LogP contribution in [-0.4, -0.2) is 90.7 Å². The van der Waals surface area contributed by atoms with E-state index in [1.165, 1.54) is 10.5 Å². The van der Waals surface area contributed by atoms with E-state index in [1.54, 1.807) is 18.3 Å². The zero-order valence-electron chi connectivity index (χ0n) is 18.6. The largest absolute Gasteiger partial charge is 0.350 e. The first-order valence-corrected chi connectivity index (χ1v) is 12.2. The van der Waals surface area contributed by atoms with Gasteiger partial charge in [0.1, 0.15) is 4.90 Å². The molecule has 1 N–H and O–H groups in total. The topological polar surface area (TPSA) is 103 Å². The van der Waals surface area contributed by atoms with Crippen LogP contribution in [0.4, 0.5) is 0 Å². The lowest BCUT2D eigenvalue weighted by Gasteiger charge is -2.38. The Kier molecular flexibility index (Phi) is 7.33. The lowest BCUT2D eigenvalue weighted by Crippen LogP contribution is -2.54. The molecule has 2 fully saturated rings. The molecule has 3 rings (SSSR count). The van der Waals surface area contributed by atoms with Crippen molar-refractivity contribution in [3.63, 3.8) is 0 Å². The predicted molar refractivity (Wildman–Crippen MR) is 117 cm³/mol. The highest BCUT2D eigenvalue weighted by molar-refractivity contribution is 7.89. The molecule has 2 aliphatic rings. The Bertz CT molecular complexity index is 869. The summed E-state index contributed by atoms with van der Waals surface area (Å²) in [5, 5.41) is 2.96. The predicted octanol–water partition coefficient (Wildman–Crippen LogP) is 0.541. The van der Waals surface area contributed by atoms with Gasteiger partial charge in [0.15, 0.2) is 0 Å². The lowest BCUT2D eigenvalue weighted by atomic mass is 9.96. The second-order valence-electron chi connectivity index (χ2n) is 9.27. The van der Waals surface area contributed by atoms with Crippen LogP contribution in [-0.2, 0) is 19.6 Å². The summed E-state index contributed by atoms with van der Waals surface area (Å²) in [6.07, 6.45) is 3.94. The van der Waals surface area contributed by atoms with E-state index in [-0.39, 0.29) is 28.2 Å². The van der Waals surface area contributed by atoms with Gasteiger partial charge in [-0.1, -0.05) is 0 Å². The molecule has 0 saturated carbocycles. The van der Waals surface area contributed by atoms with Gasteiger partial charge in [0.2, 0.25) is 21.8 Å². The molecule has 1 aromatic heterocycles. The van der Waals surface area contributed by atoms with Gasteiger partial charge in [-0.05, 0) is 45.7 Å². The van der Waals surface area contributed by atoms with Gasteiger partial charge in [-0.25, -0.2) is 8.42 Å². The lowest BCUT2D eigenvalue weighted by molar-refractivity contribution is -0.138. The number of aromatic nitrogens is 1. The maximum atomic E-state index is 12.9. The number of nitrogens with one attached hydrogen (secondary N) is 1. The second-order valence-corrected chi connectivity index (χ2v) is 11.2. The number of piperazine rings is 1. The zero-order valence-corrected chi connectivity index (χ0v) is 19.4. The summed E-state index contributed by atoms with van der Waals surface area (Å²) in [7, 11) is -3.57. The fraction of sp³-hybridized carbons (Fsp3) is 0.667. The van der Waals surface area contributed by atoms with Crippen molar-refractivity contribution >= 4 is 21.8 Å². The first-order valence-electron chi connectivity index (χ1n) is 10.8. The van der Waals surface area contributed by atoms with Gasteiger partial charge < -0.3 is 10.2 Å². The Hall–Kier alpha value is -2.04. The normalized spacial score (nSPS) is 19.9. The van der Waals surface area contributed by atoms with Crippen LogP contribution in [0.2, 0.25) is 0 Å². The molecule has 172 valence electrons. The van der Waals surface area contributed by atoms with Crippen molar-refractivity contribution in [3.05, 3.63) is 24.5 Å². The smallest absolute Gasteiger partial charge is 0.244 e. The molecule has 2 aliphatic heterocycles. The third-order valence-electron chi connectivity index (χ3n) is 5.64. The number of nitrogens with zero attached hydrogens (tertiary/aromatic N) is 4. The summed E-state index contributed by atoms with van der Waals surface area (Å²) in [4.78, 5) is 33.1. The minimum absolute atomic E-state index is 0.00512. The summed E-state index contributed by atoms with van der Waals surface area (Å²) in [5.41, 5.74) is -0.256. The Morgan fingerprint density at radius 2 is 1.74 bits per heavy atom. The molecule has 1 aromatic rings. The van der Waals surface area contributed by atoms with E-state index in [0.717, 1.165) is 0 Å². The molecule has 9 nitrogen and oxygen atoms in total. The minimum Gasteiger partial charge on any atom is -0.350 e. The van der Waals surface area contributed by atoms with Crippen LogP contribution in [0.15, 0.2) is 29.4 Å². The number of carbonyl (C=O) groups excluding carboxylic acids is 2. The summed E-state index contributed by atoms with van der Waals surface area (Å²) in [5.74, 6) is -0.0669. The summed E-state index contributed by atoms with van der Waals surface area (Å²) in [6.45, 7) is 9.38. The molecule has 0 spiro atoms. The van der Waals surface area contributed by atoms with Gasteiger partial charge in [-0.2, -0.15) is 4.31 Å². The van der Waals surface area contributed by atoms with Crippen molar-refractivity contribution in [1.29, 1.82) is 0 Å². The highest BCUT2D eigenvalue weighted by Crippen LogP contribution is 2.25. The van der Waals surface area contributed by atoms with Crippen molar-refractivity contribution < 1.29 is 18.0 Å². The molecule has 2 amide bonds. The fourth-order valence-corrected chi connectivity index (χ4v) is 5.47. The second kappa shape index (κ2) is 9.62. The molecule has 2 saturated heterocycles. The molecule has 0 aromatic carbocycles. The number of hydrogen-bond acceptors (Lipinski definition) is 6. The van der Waals surface area contributed by atoms with Crippen LogP contribution in [0.1, 0.15) is 33.6 Å². The van der Waals surface area contributed by atoms with Gasteiger partial charge in [0.25, 0.3) is 0 Å². The van der Waals surface area contributed by atoms with E-state index in [1.807, 2.05) is 25.7 Å². The monoisotopic (exact) mass is 451 g/mol. The molecular formula is C21H33N5O4S. The number of rotatable bonds is 5. The van der Waals surface area contributed by atoms with Gasteiger partial charge in [0.05, 0.1) is 6.54 Å². The highest BCUT2D eigenvalue weighted by atomic mass is 32.2. The van der Waals surface area contributed by atoms with E-state index in [9.17, 15) is 18.0 Å². The SMILES string of the molecule is CC(C)(C)NC(=O)CN1CCN(C(=O)C2CCN(S(=O)(=O)c3cccnc3)CC2)CC1. The summed E-state index contributed by atoms with van der Waals surface area (Å²) >= 11 is 0. The van der Waals surface area contributed by atoms with Crippen molar-refractivity contribution in [2.24, 2.45) is 5.92 Å². The number of hydrogen-bond donors (Lipinski definition) is 1. The summed E-state index contributed by atoms with van der Waals surface area (Å²) in [6, 6.07) is 3.15. The van der Waals surface area contributed by atoms with Crippen molar-refractivity contribution in [2.45, 2.75) is 44.0 Å². The van der Waals surface area contributed by atoms with Crippen LogP contribution in [0.25, 0.3) is 0 Å². The Labute approximate surface area is 184 Å². The van der Waals surface area contributed by atoms with Crippen LogP contribution >= 0.6 is 0 Å². The average Bonchev–Trinajstić information content (AvgIpc) is 2.73. The maximum Gasteiger partial charge on any atom is 0.244 e. The van der Waals surface area contributed by atoms with E-state index in [2.05, 4.69) is 15.2 Å². The Balaban J connectivity index is 1.46. The van der Waals surface area contributed by atoms with Crippen LogP contribution in [0.5, 0.6) is 0 Å². The van der Waals surface area contributed by atoms with Gasteiger partial charge in [-0.3, -0.25) is 19.5 Å².